The molecule has 0 aliphatic carbocycles. The van der Waals surface area contributed by atoms with Crippen LogP contribution in [0.4, 0.5) is 5.69 Å². The molecule has 0 bridgehead atoms. The van der Waals surface area contributed by atoms with Crippen molar-refractivity contribution in [3.05, 3.63) is 42.0 Å². The molecule has 19 heavy (non-hydrogen) atoms. The molecule has 6 heteroatoms. The first kappa shape index (κ1) is 13.1. The van der Waals surface area contributed by atoms with E-state index >= 15 is 0 Å². The van der Waals surface area contributed by atoms with Crippen LogP contribution in [0.15, 0.2) is 30.9 Å². The van der Waals surface area contributed by atoms with Crippen molar-refractivity contribution < 1.29 is 4.79 Å². The summed E-state index contributed by atoms with van der Waals surface area (Å²) >= 11 is 0. The van der Waals surface area contributed by atoms with Gasteiger partial charge in [0, 0.05) is 31.4 Å². The highest BCUT2D eigenvalue weighted by Crippen LogP contribution is 2.14. The molecule has 1 amide bonds. The molecule has 1 aromatic carbocycles. The van der Waals surface area contributed by atoms with Crippen LogP contribution >= 0.6 is 0 Å². The fourth-order valence-corrected chi connectivity index (χ4v) is 1.78. The topological polar surface area (TPSA) is 77.0 Å². The van der Waals surface area contributed by atoms with E-state index in [1.807, 2.05) is 17.6 Å². The van der Waals surface area contributed by atoms with Crippen molar-refractivity contribution in [1.29, 1.82) is 0 Å². The molecule has 0 spiro atoms. The molecule has 1 heterocycles. The van der Waals surface area contributed by atoms with E-state index in [0.29, 0.717) is 24.3 Å². The van der Waals surface area contributed by atoms with Gasteiger partial charge in [-0.3, -0.25) is 4.79 Å². The number of hydrogen-bond acceptors (Lipinski definition) is 4. The van der Waals surface area contributed by atoms with Crippen LogP contribution in [0, 0.1) is 6.92 Å². The molecule has 6 nitrogen and oxygen atoms in total. The van der Waals surface area contributed by atoms with E-state index in [0.717, 1.165) is 5.56 Å². The molecule has 100 valence electrons. The summed E-state index contributed by atoms with van der Waals surface area (Å²) in [5.41, 5.74) is 7.89. The van der Waals surface area contributed by atoms with E-state index in [4.69, 9.17) is 5.73 Å². The predicted octanol–water partition coefficient (Wildman–Crippen LogP) is 0.941. The maximum atomic E-state index is 12.3. The van der Waals surface area contributed by atoms with Crippen LogP contribution in [0.5, 0.6) is 0 Å². The van der Waals surface area contributed by atoms with E-state index in [2.05, 4.69) is 10.2 Å². The number of nitrogens with two attached hydrogens (primary N) is 1. The van der Waals surface area contributed by atoms with Crippen LogP contribution in [0.2, 0.25) is 0 Å². The molecule has 1 aromatic heterocycles. The smallest absolute Gasteiger partial charge is 0.254 e. The zero-order valence-electron chi connectivity index (χ0n) is 11.1. The lowest BCUT2D eigenvalue weighted by Gasteiger charge is -2.18. The van der Waals surface area contributed by atoms with Crippen molar-refractivity contribution in [2.75, 3.05) is 19.3 Å². The molecule has 2 rings (SSSR count). The van der Waals surface area contributed by atoms with Crippen molar-refractivity contribution >= 4 is 11.6 Å². The highest BCUT2D eigenvalue weighted by Gasteiger charge is 2.14. The lowest BCUT2D eigenvalue weighted by atomic mass is 10.1. The number of likely N-dealkylation sites (N-methyl/N-ethyl adjacent to an activating group) is 1. The third-order valence-corrected chi connectivity index (χ3v) is 3.00. The molecule has 0 saturated carbocycles. The van der Waals surface area contributed by atoms with Gasteiger partial charge in [-0.1, -0.05) is 6.07 Å². The van der Waals surface area contributed by atoms with Gasteiger partial charge in [0.15, 0.2) is 0 Å². The number of amides is 1. The molecule has 2 N–H and O–H groups in total. The Morgan fingerprint density at radius 3 is 2.74 bits per heavy atom. The minimum absolute atomic E-state index is 0.0297. The van der Waals surface area contributed by atoms with E-state index in [1.165, 1.54) is 0 Å². The number of carbonyl (C=O) groups excluding carboxylic acids is 1. The number of anilines is 1. The molecule has 0 fully saturated rings. The Labute approximate surface area is 111 Å². The van der Waals surface area contributed by atoms with E-state index in [9.17, 15) is 4.79 Å². The number of rotatable bonds is 4. The van der Waals surface area contributed by atoms with Gasteiger partial charge in [0.2, 0.25) is 0 Å². The second-order valence-electron chi connectivity index (χ2n) is 4.50. The monoisotopic (exact) mass is 259 g/mol. The van der Waals surface area contributed by atoms with Gasteiger partial charge in [-0.05, 0) is 24.6 Å². The molecular weight excluding hydrogens is 242 g/mol. The third-order valence-electron chi connectivity index (χ3n) is 3.00. The first-order valence-corrected chi connectivity index (χ1v) is 6.02. The average molecular weight is 259 g/mol. The summed E-state index contributed by atoms with van der Waals surface area (Å²) in [6, 6.07) is 5.37. The molecule has 0 unspecified atom stereocenters. The number of hydrogen-bond donors (Lipinski definition) is 1. The number of nitrogen functional groups attached to an aromatic ring is 1. The lowest BCUT2D eigenvalue weighted by Crippen LogP contribution is -2.30. The standard InChI is InChI=1S/C13H17N5O/c1-10-3-4-11(14)7-12(10)13(19)17(2)5-6-18-8-15-16-9-18/h3-4,7-9H,5-6,14H2,1-2H3. The van der Waals surface area contributed by atoms with Gasteiger partial charge in [0.05, 0.1) is 0 Å². The number of carbonyl (C=O) groups is 1. The van der Waals surface area contributed by atoms with Crippen LogP contribution in [0.3, 0.4) is 0 Å². The third kappa shape index (κ3) is 3.09. The summed E-state index contributed by atoms with van der Waals surface area (Å²) in [7, 11) is 1.77. The molecule has 0 atom stereocenters. The van der Waals surface area contributed by atoms with Crippen molar-refractivity contribution in [2.24, 2.45) is 0 Å². The number of benzene rings is 1. The maximum Gasteiger partial charge on any atom is 0.254 e. The SMILES string of the molecule is Cc1ccc(N)cc1C(=O)N(C)CCn1cnnc1. The normalized spacial score (nSPS) is 10.4. The van der Waals surface area contributed by atoms with Crippen LogP contribution < -0.4 is 5.73 Å². The Balaban J connectivity index is 2.04. The Morgan fingerprint density at radius 2 is 2.05 bits per heavy atom. The summed E-state index contributed by atoms with van der Waals surface area (Å²) in [5, 5.41) is 7.44. The van der Waals surface area contributed by atoms with Gasteiger partial charge in [-0.25, -0.2) is 0 Å². The lowest BCUT2D eigenvalue weighted by molar-refractivity contribution is 0.0789. The number of aryl methyl sites for hydroxylation is 1. The Kier molecular flexibility index (Phi) is 3.79. The average Bonchev–Trinajstić information content (AvgIpc) is 2.91. The first-order valence-electron chi connectivity index (χ1n) is 6.02. The summed E-state index contributed by atoms with van der Waals surface area (Å²) in [5.74, 6) is -0.0297. The predicted molar refractivity (Wildman–Crippen MR) is 72.6 cm³/mol. The summed E-state index contributed by atoms with van der Waals surface area (Å²) in [6.07, 6.45) is 3.26. The molecule has 0 saturated heterocycles. The fourth-order valence-electron chi connectivity index (χ4n) is 1.78. The highest BCUT2D eigenvalue weighted by atomic mass is 16.2. The minimum Gasteiger partial charge on any atom is -0.399 e. The van der Waals surface area contributed by atoms with Crippen LogP contribution in [0.1, 0.15) is 15.9 Å². The maximum absolute atomic E-state index is 12.3. The molecule has 0 radical (unpaired) electrons. The Bertz CT molecular complexity index is 564. The first-order chi connectivity index (χ1) is 9.08. The molecule has 0 aliphatic heterocycles. The number of aromatic nitrogens is 3. The Hall–Kier alpha value is -2.37. The van der Waals surface area contributed by atoms with Gasteiger partial charge >= 0.3 is 0 Å². The molecule has 2 aromatic rings. The second kappa shape index (κ2) is 5.51. The summed E-state index contributed by atoms with van der Waals surface area (Å²) < 4.78 is 1.83. The zero-order chi connectivity index (χ0) is 13.8. The quantitative estimate of drug-likeness (QED) is 0.829. The van der Waals surface area contributed by atoms with Crippen LogP contribution in [-0.2, 0) is 6.54 Å². The minimum atomic E-state index is -0.0297. The van der Waals surface area contributed by atoms with Gasteiger partial charge < -0.3 is 15.2 Å². The van der Waals surface area contributed by atoms with E-state index in [-0.39, 0.29) is 5.91 Å². The molecule has 0 aliphatic rings. The van der Waals surface area contributed by atoms with Gasteiger partial charge in [0.1, 0.15) is 12.7 Å². The largest absolute Gasteiger partial charge is 0.399 e. The molecular formula is C13H17N5O. The highest BCUT2D eigenvalue weighted by molar-refractivity contribution is 5.96. The van der Waals surface area contributed by atoms with Crippen molar-refractivity contribution in [3.8, 4) is 0 Å². The second-order valence-corrected chi connectivity index (χ2v) is 4.50. The summed E-state index contributed by atoms with van der Waals surface area (Å²) in [4.78, 5) is 14.0. The van der Waals surface area contributed by atoms with Gasteiger partial charge in [-0.2, -0.15) is 0 Å². The Morgan fingerprint density at radius 1 is 1.37 bits per heavy atom. The summed E-state index contributed by atoms with van der Waals surface area (Å²) in [6.45, 7) is 3.15. The van der Waals surface area contributed by atoms with E-state index < -0.39 is 0 Å². The number of nitrogens with zero attached hydrogens (tertiary/aromatic N) is 4. The van der Waals surface area contributed by atoms with Crippen molar-refractivity contribution in [3.63, 3.8) is 0 Å². The van der Waals surface area contributed by atoms with Gasteiger partial charge in [0.25, 0.3) is 5.91 Å². The fraction of sp³-hybridized carbons (Fsp3) is 0.308. The zero-order valence-corrected chi connectivity index (χ0v) is 11.1. The van der Waals surface area contributed by atoms with Crippen molar-refractivity contribution in [1.82, 2.24) is 19.7 Å². The van der Waals surface area contributed by atoms with E-state index in [1.54, 1.807) is 36.7 Å². The van der Waals surface area contributed by atoms with Crippen LogP contribution in [0.25, 0.3) is 0 Å². The van der Waals surface area contributed by atoms with Crippen LogP contribution in [-0.4, -0.2) is 39.2 Å². The van der Waals surface area contributed by atoms with Crippen molar-refractivity contribution in [2.45, 2.75) is 13.5 Å². The van der Waals surface area contributed by atoms with Gasteiger partial charge in [-0.15, -0.1) is 10.2 Å².